The van der Waals surface area contributed by atoms with Crippen molar-refractivity contribution in [2.75, 3.05) is 6.61 Å². The van der Waals surface area contributed by atoms with Crippen molar-refractivity contribution in [3.63, 3.8) is 0 Å². The number of nitrogens with one attached hydrogen (secondary N) is 1. The summed E-state index contributed by atoms with van der Waals surface area (Å²) in [6.07, 6.45) is 0. The van der Waals surface area contributed by atoms with E-state index in [1.807, 2.05) is 0 Å². The van der Waals surface area contributed by atoms with Gasteiger partial charge in [-0.25, -0.2) is 4.79 Å². The molecule has 0 saturated heterocycles. The molecule has 2 aromatic rings. The molecule has 0 spiro atoms. The smallest absolute Gasteiger partial charge is 0.341 e. The van der Waals surface area contributed by atoms with Gasteiger partial charge in [-0.15, -0.1) is 0 Å². The minimum absolute atomic E-state index is 0.202. The third kappa shape index (κ3) is 2.57. The fraction of sp³-hybridized carbons (Fsp3) is 0.0909. The average Bonchev–Trinajstić information content (AvgIpc) is 2.26. The lowest BCUT2D eigenvalue weighted by Crippen LogP contribution is -2.12. The van der Waals surface area contributed by atoms with Crippen molar-refractivity contribution < 1.29 is 14.6 Å². The van der Waals surface area contributed by atoms with Gasteiger partial charge < -0.3 is 14.8 Å². The summed E-state index contributed by atoms with van der Waals surface area (Å²) in [5.41, 5.74) is 0.183. The molecule has 0 amide bonds. The Morgan fingerprint density at radius 2 is 2.18 bits per heavy atom. The van der Waals surface area contributed by atoms with E-state index in [1.54, 1.807) is 18.2 Å². The Morgan fingerprint density at radius 1 is 1.41 bits per heavy atom. The highest BCUT2D eigenvalue weighted by molar-refractivity contribution is 6.31. The number of hydrogen-bond donors (Lipinski definition) is 2. The summed E-state index contributed by atoms with van der Waals surface area (Å²) in [7, 11) is 0. The molecule has 0 fully saturated rings. The molecule has 0 unspecified atom stereocenters. The van der Waals surface area contributed by atoms with Crippen LogP contribution >= 0.6 is 11.6 Å². The first-order valence-corrected chi connectivity index (χ1v) is 5.11. The van der Waals surface area contributed by atoms with Gasteiger partial charge in [0.25, 0.3) is 5.56 Å². The van der Waals surface area contributed by atoms with Gasteiger partial charge in [0.1, 0.15) is 5.75 Å². The number of pyridine rings is 1. The SMILES string of the molecule is O=C(O)COc1cc(=O)[nH]c2ccc(Cl)cc12. The zero-order valence-electron chi connectivity index (χ0n) is 8.57. The van der Waals surface area contributed by atoms with Gasteiger partial charge in [0.2, 0.25) is 0 Å². The molecule has 2 rings (SSSR count). The van der Waals surface area contributed by atoms with Crippen molar-refractivity contribution in [3.05, 3.63) is 39.6 Å². The minimum atomic E-state index is -1.11. The molecule has 0 bridgehead atoms. The predicted octanol–water partition coefficient (Wildman–Crippen LogP) is 1.64. The zero-order valence-corrected chi connectivity index (χ0v) is 9.32. The number of aromatic nitrogens is 1. The monoisotopic (exact) mass is 253 g/mol. The molecule has 0 atom stereocenters. The number of aliphatic carboxylic acids is 1. The summed E-state index contributed by atoms with van der Waals surface area (Å²) < 4.78 is 5.04. The molecule has 17 heavy (non-hydrogen) atoms. The highest BCUT2D eigenvalue weighted by Gasteiger charge is 2.07. The number of hydrogen-bond acceptors (Lipinski definition) is 3. The highest BCUT2D eigenvalue weighted by atomic mass is 35.5. The summed E-state index contributed by atoms with van der Waals surface area (Å²) in [4.78, 5) is 24.3. The summed E-state index contributed by atoms with van der Waals surface area (Å²) in [5, 5.41) is 9.58. The molecule has 0 radical (unpaired) electrons. The van der Waals surface area contributed by atoms with E-state index in [4.69, 9.17) is 21.4 Å². The zero-order chi connectivity index (χ0) is 12.4. The molecule has 1 aromatic heterocycles. The third-order valence-corrected chi connectivity index (χ3v) is 2.35. The van der Waals surface area contributed by atoms with Crippen molar-refractivity contribution in [1.29, 1.82) is 0 Å². The number of carbonyl (C=O) groups is 1. The van der Waals surface area contributed by atoms with E-state index in [-0.39, 0.29) is 11.3 Å². The Morgan fingerprint density at radius 3 is 2.88 bits per heavy atom. The molecule has 0 aliphatic rings. The Labute approximate surface area is 101 Å². The molecular formula is C11H8ClNO4. The van der Waals surface area contributed by atoms with Gasteiger partial charge in [0, 0.05) is 16.5 Å². The standard InChI is InChI=1S/C11H8ClNO4/c12-6-1-2-8-7(3-6)9(4-10(14)13-8)17-5-11(15)16/h1-4H,5H2,(H,13,14)(H,15,16). The molecule has 88 valence electrons. The first-order valence-electron chi connectivity index (χ1n) is 4.73. The van der Waals surface area contributed by atoms with Crippen LogP contribution in [0.2, 0.25) is 5.02 Å². The second-order valence-corrected chi connectivity index (χ2v) is 3.81. The first kappa shape index (κ1) is 11.5. The van der Waals surface area contributed by atoms with E-state index in [0.717, 1.165) is 0 Å². The van der Waals surface area contributed by atoms with Crippen LogP contribution in [0.25, 0.3) is 10.9 Å². The maximum atomic E-state index is 11.3. The van der Waals surface area contributed by atoms with E-state index in [9.17, 15) is 9.59 Å². The van der Waals surface area contributed by atoms with Crippen molar-refractivity contribution in [2.24, 2.45) is 0 Å². The largest absolute Gasteiger partial charge is 0.481 e. The number of halogens is 1. The normalized spacial score (nSPS) is 10.4. The topological polar surface area (TPSA) is 79.4 Å². The van der Waals surface area contributed by atoms with Crippen LogP contribution in [-0.4, -0.2) is 22.7 Å². The van der Waals surface area contributed by atoms with Crippen molar-refractivity contribution in [1.82, 2.24) is 4.98 Å². The Hall–Kier alpha value is -2.01. The Bertz CT molecular complexity index is 635. The first-order chi connectivity index (χ1) is 8.06. The average molecular weight is 254 g/mol. The molecule has 0 aliphatic carbocycles. The van der Waals surface area contributed by atoms with E-state index in [1.165, 1.54) is 6.07 Å². The van der Waals surface area contributed by atoms with Gasteiger partial charge in [0.05, 0.1) is 5.52 Å². The lowest BCUT2D eigenvalue weighted by atomic mass is 10.2. The van der Waals surface area contributed by atoms with Crippen LogP contribution in [0, 0.1) is 0 Å². The number of carboxylic acid groups (broad SMARTS) is 1. The fourth-order valence-corrected chi connectivity index (χ4v) is 1.63. The number of benzene rings is 1. The van der Waals surface area contributed by atoms with Crippen molar-refractivity contribution in [3.8, 4) is 5.75 Å². The molecule has 0 aliphatic heterocycles. The molecule has 5 nitrogen and oxygen atoms in total. The Balaban J connectivity index is 2.55. The van der Waals surface area contributed by atoms with Crippen LogP contribution in [0.4, 0.5) is 0 Å². The van der Waals surface area contributed by atoms with Gasteiger partial charge >= 0.3 is 5.97 Å². The lowest BCUT2D eigenvalue weighted by molar-refractivity contribution is -0.139. The van der Waals surface area contributed by atoms with E-state index < -0.39 is 12.6 Å². The maximum absolute atomic E-state index is 11.3. The summed E-state index contributed by atoms with van der Waals surface area (Å²) >= 11 is 5.83. The number of H-pyrrole nitrogens is 1. The molecule has 1 heterocycles. The van der Waals surface area contributed by atoms with E-state index in [0.29, 0.717) is 15.9 Å². The number of fused-ring (bicyclic) bond motifs is 1. The maximum Gasteiger partial charge on any atom is 0.341 e. The third-order valence-electron chi connectivity index (χ3n) is 2.12. The van der Waals surface area contributed by atoms with E-state index in [2.05, 4.69) is 4.98 Å². The van der Waals surface area contributed by atoms with Gasteiger partial charge in [-0.3, -0.25) is 4.79 Å². The van der Waals surface area contributed by atoms with Crippen molar-refractivity contribution >= 4 is 28.5 Å². The lowest BCUT2D eigenvalue weighted by Gasteiger charge is -2.07. The molecule has 1 aromatic carbocycles. The molecule has 2 N–H and O–H groups in total. The highest BCUT2D eigenvalue weighted by Crippen LogP contribution is 2.25. The van der Waals surface area contributed by atoms with Crippen LogP contribution in [0.3, 0.4) is 0 Å². The van der Waals surface area contributed by atoms with Gasteiger partial charge in [-0.05, 0) is 18.2 Å². The number of carboxylic acids is 1. The second kappa shape index (κ2) is 4.47. The van der Waals surface area contributed by atoms with Gasteiger partial charge in [0.15, 0.2) is 6.61 Å². The summed E-state index contributed by atoms with van der Waals surface area (Å²) in [5.74, 6) is -0.908. The number of ether oxygens (including phenoxy) is 1. The quantitative estimate of drug-likeness (QED) is 0.872. The van der Waals surface area contributed by atoms with Crippen LogP contribution in [0.15, 0.2) is 29.1 Å². The van der Waals surface area contributed by atoms with Crippen LogP contribution < -0.4 is 10.3 Å². The number of aromatic amines is 1. The summed E-state index contributed by atoms with van der Waals surface area (Å²) in [6.45, 7) is -0.509. The second-order valence-electron chi connectivity index (χ2n) is 3.37. The predicted molar refractivity (Wildman–Crippen MR) is 62.7 cm³/mol. The van der Waals surface area contributed by atoms with Crippen LogP contribution in [-0.2, 0) is 4.79 Å². The molecule has 6 heteroatoms. The van der Waals surface area contributed by atoms with Crippen molar-refractivity contribution in [2.45, 2.75) is 0 Å². The van der Waals surface area contributed by atoms with E-state index >= 15 is 0 Å². The minimum Gasteiger partial charge on any atom is -0.481 e. The fourth-order valence-electron chi connectivity index (χ4n) is 1.45. The van der Waals surface area contributed by atoms with Crippen LogP contribution in [0.1, 0.15) is 0 Å². The van der Waals surface area contributed by atoms with Crippen LogP contribution in [0.5, 0.6) is 5.75 Å². The molecular weight excluding hydrogens is 246 g/mol. The summed E-state index contributed by atoms with van der Waals surface area (Å²) in [6, 6.07) is 6.05. The number of rotatable bonds is 3. The van der Waals surface area contributed by atoms with Gasteiger partial charge in [-0.1, -0.05) is 11.6 Å². The van der Waals surface area contributed by atoms with Gasteiger partial charge in [-0.2, -0.15) is 0 Å². The molecule has 0 saturated carbocycles. The Kier molecular flexibility index (Phi) is 3.01.